The number of para-hydroxylation sites is 1. The number of fused-ring (bicyclic) bond motifs is 2. The third-order valence-corrected chi connectivity index (χ3v) is 8.05. The Morgan fingerprint density at radius 1 is 1.18 bits per heavy atom. The molecule has 2 heterocycles. The summed E-state index contributed by atoms with van der Waals surface area (Å²) in [5, 5.41) is 3.86. The smallest absolute Gasteiger partial charge is 0.252 e. The van der Waals surface area contributed by atoms with Crippen molar-refractivity contribution in [2.45, 2.75) is 52.5 Å². The summed E-state index contributed by atoms with van der Waals surface area (Å²) >= 11 is 0. The molecule has 0 radical (unpaired) electrons. The van der Waals surface area contributed by atoms with Crippen LogP contribution >= 0.6 is 0 Å². The van der Waals surface area contributed by atoms with Crippen molar-refractivity contribution in [2.24, 2.45) is 11.3 Å². The lowest BCUT2D eigenvalue weighted by Crippen LogP contribution is -2.37. The molecule has 6 heteroatoms. The number of benzene rings is 1. The van der Waals surface area contributed by atoms with Crippen molar-refractivity contribution in [1.82, 2.24) is 10.3 Å². The normalized spacial score (nSPS) is 24.1. The highest BCUT2D eigenvalue weighted by molar-refractivity contribution is 7.91. The van der Waals surface area contributed by atoms with Gasteiger partial charge in [0.25, 0.3) is 5.91 Å². The topological polar surface area (TPSA) is 76.1 Å². The van der Waals surface area contributed by atoms with E-state index >= 15 is 0 Å². The van der Waals surface area contributed by atoms with Gasteiger partial charge >= 0.3 is 0 Å². The Morgan fingerprint density at radius 2 is 1.93 bits per heavy atom. The molecule has 4 rings (SSSR count). The van der Waals surface area contributed by atoms with Gasteiger partial charge in [-0.05, 0) is 48.6 Å². The van der Waals surface area contributed by atoms with Gasteiger partial charge in [-0.25, -0.2) is 8.42 Å². The number of hydrogen-bond donors (Lipinski definition) is 1. The number of pyridine rings is 1. The number of aromatic nitrogens is 1. The number of nitrogens with one attached hydrogen (secondary N) is 1. The minimum Gasteiger partial charge on any atom is -0.348 e. The van der Waals surface area contributed by atoms with Gasteiger partial charge in [0.15, 0.2) is 9.84 Å². The van der Waals surface area contributed by atoms with E-state index in [9.17, 15) is 13.2 Å². The molecule has 1 amide bonds. The van der Waals surface area contributed by atoms with Gasteiger partial charge < -0.3 is 5.32 Å². The summed E-state index contributed by atoms with van der Waals surface area (Å²) in [6.45, 7) is 6.75. The maximum absolute atomic E-state index is 13.3. The first-order valence-electron chi connectivity index (χ1n) is 10.1. The summed E-state index contributed by atoms with van der Waals surface area (Å²) in [6, 6.07) is 7.46. The number of amides is 1. The fourth-order valence-corrected chi connectivity index (χ4v) is 6.23. The van der Waals surface area contributed by atoms with Crippen molar-refractivity contribution >= 4 is 26.6 Å². The van der Waals surface area contributed by atoms with Gasteiger partial charge in [0.2, 0.25) is 0 Å². The van der Waals surface area contributed by atoms with E-state index in [0.717, 1.165) is 41.4 Å². The van der Waals surface area contributed by atoms with Gasteiger partial charge in [-0.2, -0.15) is 0 Å². The lowest BCUT2D eigenvalue weighted by Gasteiger charge is -2.35. The molecule has 2 aliphatic rings. The Bertz CT molecular complexity index is 1040. The van der Waals surface area contributed by atoms with Crippen LogP contribution in [0, 0.1) is 11.3 Å². The van der Waals surface area contributed by atoms with Crippen LogP contribution in [0.5, 0.6) is 0 Å². The summed E-state index contributed by atoms with van der Waals surface area (Å²) in [7, 11) is -3.04. The summed E-state index contributed by atoms with van der Waals surface area (Å²) in [5.74, 6) is 0.515. The quantitative estimate of drug-likeness (QED) is 0.839. The molecule has 2 aromatic rings. The molecule has 1 N–H and O–H groups in total. The van der Waals surface area contributed by atoms with Gasteiger partial charge in [-0.1, -0.05) is 39.0 Å². The molecule has 2 atom stereocenters. The van der Waals surface area contributed by atoms with E-state index in [1.165, 1.54) is 0 Å². The first-order valence-corrected chi connectivity index (χ1v) is 11.9. The van der Waals surface area contributed by atoms with Crippen molar-refractivity contribution in [3.8, 4) is 0 Å². The number of sulfone groups is 1. The Hall–Kier alpha value is -1.95. The van der Waals surface area contributed by atoms with Crippen LogP contribution < -0.4 is 5.32 Å². The van der Waals surface area contributed by atoms with Crippen LogP contribution in [0.1, 0.15) is 55.2 Å². The fraction of sp³-hybridized carbons (Fsp3) is 0.545. The van der Waals surface area contributed by atoms with Crippen molar-refractivity contribution < 1.29 is 13.2 Å². The predicted octanol–water partition coefficient (Wildman–Crippen LogP) is 3.30. The molecule has 0 saturated carbocycles. The van der Waals surface area contributed by atoms with Crippen molar-refractivity contribution in [2.75, 3.05) is 11.5 Å². The largest absolute Gasteiger partial charge is 0.348 e. The monoisotopic (exact) mass is 400 g/mol. The highest BCUT2D eigenvalue weighted by atomic mass is 32.2. The summed E-state index contributed by atoms with van der Waals surface area (Å²) < 4.78 is 23.6. The summed E-state index contributed by atoms with van der Waals surface area (Å²) in [4.78, 5) is 18.2. The zero-order valence-electron chi connectivity index (χ0n) is 16.8. The molecule has 1 aromatic carbocycles. The van der Waals surface area contributed by atoms with E-state index in [1.54, 1.807) is 0 Å². The van der Waals surface area contributed by atoms with E-state index in [-0.39, 0.29) is 28.9 Å². The van der Waals surface area contributed by atoms with Gasteiger partial charge in [0.1, 0.15) is 0 Å². The van der Waals surface area contributed by atoms with Gasteiger partial charge in [-0.15, -0.1) is 0 Å². The number of carbonyl (C=O) groups is 1. The second kappa shape index (κ2) is 6.83. The van der Waals surface area contributed by atoms with E-state index in [1.807, 2.05) is 24.3 Å². The molecule has 28 heavy (non-hydrogen) atoms. The third kappa shape index (κ3) is 3.66. The van der Waals surface area contributed by atoms with Crippen LogP contribution in [0.25, 0.3) is 10.9 Å². The number of hydrogen-bond acceptors (Lipinski definition) is 4. The molecule has 2 unspecified atom stereocenters. The Kier molecular flexibility index (Phi) is 4.73. The lowest BCUT2D eigenvalue weighted by atomic mass is 9.70. The van der Waals surface area contributed by atoms with Crippen LogP contribution in [0.2, 0.25) is 0 Å². The minimum absolute atomic E-state index is 0.0363. The van der Waals surface area contributed by atoms with Crippen LogP contribution in [-0.4, -0.2) is 36.9 Å². The van der Waals surface area contributed by atoms with Crippen LogP contribution in [-0.2, 0) is 22.7 Å². The first-order chi connectivity index (χ1) is 13.1. The van der Waals surface area contributed by atoms with Crippen LogP contribution in [0.3, 0.4) is 0 Å². The Balaban J connectivity index is 1.76. The van der Waals surface area contributed by atoms with Crippen molar-refractivity contribution in [3.63, 3.8) is 0 Å². The summed E-state index contributed by atoms with van der Waals surface area (Å²) in [5.41, 5.74) is 3.75. The van der Waals surface area contributed by atoms with E-state index in [0.29, 0.717) is 17.9 Å². The molecule has 0 bridgehead atoms. The Labute approximate surface area is 166 Å². The highest BCUT2D eigenvalue weighted by Crippen LogP contribution is 2.39. The van der Waals surface area contributed by atoms with E-state index in [2.05, 4.69) is 26.1 Å². The standard InChI is InChI=1S/C22H28N2O3S/c1-22(2,3)14-8-9-19-17(12-14)20(16-6-4-5-7-18(16)24-19)21(25)23-15-10-11-28(26,27)13-15/h4-7,14-15H,8-13H2,1-3H3,(H,23,25). The van der Waals surface area contributed by atoms with Gasteiger partial charge in [0, 0.05) is 17.1 Å². The number of carbonyl (C=O) groups excluding carboxylic acids is 1. The molecule has 0 spiro atoms. The van der Waals surface area contributed by atoms with Gasteiger partial charge in [-0.3, -0.25) is 9.78 Å². The molecule has 1 aromatic heterocycles. The number of aryl methyl sites for hydroxylation is 1. The Morgan fingerprint density at radius 3 is 2.61 bits per heavy atom. The van der Waals surface area contributed by atoms with Crippen molar-refractivity contribution in [3.05, 3.63) is 41.1 Å². The van der Waals surface area contributed by atoms with Gasteiger partial charge in [0.05, 0.1) is 22.6 Å². The molecule has 1 saturated heterocycles. The lowest BCUT2D eigenvalue weighted by molar-refractivity contribution is 0.0940. The zero-order valence-corrected chi connectivity index (χ0v) is 17.6. The maximum Gasteiger partial charge on any atom is 0.252 e. The average molecular weight is 401 g/mol. The number of nitrogens with zero attached hydrogens (tertiary/aromatic N) is 1. The van der Waals surface area contributed by atoms with Crippen LogP contribution in [0.15, 0.2) is 24.3 Å². The summed E-state index contributed by atoms with van der Waals surface area (Å²) in [6.07, 6.45) is 3.27. The van der Waals surface area contributed by atoms with E-state index < -0.39 is 9.84 Å². The second-order valence-corrected chi connectivity index (χ2v) is 11.5. The SMILES string of the molecule is CC(C)(C)C1CCc2nc3ccccc3c(C(=O)NC3CCS(=O)(=O)C3)c2C1. The molecule has 1 aliphatic carbocycles. The van der Waals surface area contributed by atoms with Crippen LogP contribution in [0.4, 0.5) is 0 Å². The predicted molar refractivity (Wildman–Crippen MR) is 111 cm³/mol. The maximum atomic E-state index is 13.3. The van der Waals surface area contributed by atoms with E-state index in [4.69, 9.17) is 4.98 Å². The average Bonchev–Trinajstić information content (AvgIpc) is 2.96. The minimum atomic E-state index is -3.04. The molecular formula is C22H28N2O3S. The first kappa shape index (κ1) is 19.4. The molecular weight excluding hydrogens is 372 g/mol. The fourth-order valence-electron chi connectivity index (χ4n) is 4.55. The molecule has 1 aliphatic heterocycles. The number of rotatable bonds is 2. The molecule has 150 valence electrons. The molecule has 5 nitrogen and oxygen atoms in total. The second-order valence-electron chi connectivity index (χ2n) is 9.31. The highest BCUT2D eigenvalue weighted by Gasteiger charge is 2.34. The van der Waals surface area contributed by atoms with Crippen molar-refractivity contribution in [1.29, 1.82) is 0 Å². The zero-order chi connectivity index (χ0) is 20.1. The third-order valence-electron chi connectivity index (χ3n) is 6.28. The molecule has 1 fully saturated rings.